The van der Waals surface area contributed by atoms with Crippen molar-refractivity contribution in [1.29, 1.82) is 0 Å². The number of halogens is 3. The van der Waals surface area contributed by atoms with Gasteiger partial charge in [-0.2, -0.15) is 4.57 Å². The van der Waals surface area contributed by atoms with Gasteiger partial charge in [-0.3, -0.25) is 0 Å². The minimum absolute atomic E-state index is 0. The minimum Gasteiger partial charge on any atom is -1.00 e. The summed E-state index contributed by atoms with van der Waals surface area (Å²) in [4.78, 5) is 0. The van der Waals surface area contributed by atoms with Crippen LogP contribution in [0.4, 0.5) is 0 Å². The highest BCUT2D eigenvalue weighted by Gasteiger charge is 2.04. The van der Waals surface area contributed by atoms with E-state index in [2.05, 4.69) is 67.9 Å². The normalized spacial score (nSPS) is 10.9. The van der Waals surface area contributed by atoms with Crippen LogP contribution in [0.25, 0.3) is 6.20 Å². The number of nitrogens with zero attached hydrogens (tertiary/aromatic N) is 1. The van der Waals surface area contributed by atoms with Crippen molar-refractivity contribution in [3.8, 4) is 0 Å². The first-order valence-corrected chi connectivity index (χ1v) is 6.10. The Kier molecular flexibility index (Phi) is 7.78. The van der Waals surface area contributed by atoms with Gasteiger partial charge in [0.05, 0.1) is 4.48 Å². The first kappa shape index (κ1) is 14.3. The van der Waals surface area contributed by atoms with E-state index in [1.807, 2.05) is 6.07 Å². The Bertz CT molecular complexity index is 310. The number of aromatic nitrogens is 1. The van der Waals surface area contributed by atoms with E-state index in [-0.39, 0.29) is 17.0 Å². The highest BCUT2D eigenvalue weighted by atomic mass is 79.9. The third-order valence-electron chi connectivity index (χ3n) is 1.75. The zero-order valence-corrected chi connectivity index (χ0v) is 12.6. The summed E-state index contributed by atoms with van der Waals surface area (Å²) >= 11 is 6.86. The molecule has 1 nitrogen and oxygen atoms in total. The zero-order chi connectivity index (χ0) is 9.68. The van der Waals surface area contributed by atoms with Crippen molar-refractivity contribution < 1.29 is 21.5 Å². The number of hydrogen-bond acceptors (Lipinski definition) is 0. The lowest BCUT2D eigenvalue weighted by Crippen LogP contribution is -3.00. The van der Waals surface area contributed by atoms with E-state index in [0.717, 1.165) is 16.2 Å². The molecule has 0 unspecified atom stereocenters. The molecule has 4 heteroatoms. The van der Waals surface area contributed by atoms with Crippen LogP contribution in [-0.2, 0) is 6.42 Å². The number of pyridine rings is 1. The maximum atomic E-state index is 3.47. The van der Waals surface area contributed by atoms with Gasteiger partial charge in [0.15, 0.2) is 18.1 Å². The summed E-state index contributed by atoms with van der Waals surface area (Å²) in [6.45, 7) is 2.15. The molecular weight excluding hydrogens is 374 g/mol. The van der Waals surface area contributed by atoms with Gasteiger partial charge in [-0.15, -0.1) is 0 Å². The predicted molar refractivity (Wildman–Crippen MR) is 63.0 cm³/mol. The number of hydrogen-bond donors (Lipinski definition) is 0. The Labute approximate surface area is 112 Å². The Morgan fingerprint density at radius 2 is 2.21 bits per heavy atom. The quantitative estimate of drug-likeness (QED) is 0.514. The molecule has 0 bridgehead atoms. The van der Waals surface area contributed by atoms with Crippen molar-refractivity contribution >= 4 is 38.1 Å². The molecule has 0 aliphatic carbocycles. The van der Waals surface area contributed by atoms with E-state index in [1.54, 1.807) is 0 Å². The fourth-order valence-electron chi connectivity index (χ4n) is 1.10. The van der Waals surface area contributed by atoms with Gasteiger partial charge >= 0.3 is 0 Å². The smallest absolute Gasteiger partial charge is 0.186 e. The zero-order valence-electron chi connectivity index (χ0n) is 7.88. The maximum absolute atomic E-state index is 3.47. The molecule has 0 amide bonds. The topological polar surface area (TPSA) is 3.88 Å². The molecule has 0 saturated heterocycles. The summed E-state index contributed by atoms with van der Waals surface area (Å²) < 4.78 is 3.27. The van der Waals surface area contributed by atoms with Crippen molar-refractivity contribution in [3.63, 3.8) is 0 Å². The van der Waals surface area contributed by atoms with Crippen LogP contribution in [0.1, 0.15) is 12.6 Å². The van der Waals surface area contributed by atoms with Crippen molar-refractivity contribution in [2.75, 3.05) is 5.33 Å². The van der Waals surface area contributed by atoms with Crippen LogP contribution in [0.15, 0.2) is 28.9 Å². The lowest BCUT2D eigenvalue weighted by molar-refractivity contribution is -0.577. The number of allylic oxidation sites excluding steroid dienone is 1. The summed E-state index contributed by atoms with van der Waals surface area (Å²) in [5.41, 5.74) is 1.31. The summed E-state index contributed by atoms with van der Waals surface area (Å²) in [5.74, 6) is 0. The van der Waals surface area contributed by atoms with Gasteiger partial charge < -0.3 is 17.0 Å². The van der Waals surface area contributed by atoms with Crippen molar-refractivity contribution in [3.05, 3.63) is 34.6 Å². The van der Waals surface area contributed by atoms with Gasteiger partial charge in [0.25, 0.3) is 0 Å². The molecule has 0 saturated carbocycles. The van der Waals surface area contributed by atoms with E-state index >= 15 is 0 Å². The van der Waals surface area contributed by atoms with Crippen molar-refractivity contribution in [2.24, 2.45) is 0 Å². The molecule has 0 aromatic carbocycles. The third kappa shape index (κ3) is 4.24. The molecule has 0 N–H and O–H groups in total. The maximum Gasteiger partial charge on any atom is 0.186 e. The van der Waals surface area contributed by atoms with Gasteiger partial charge in [-0.25, -0.2) is 0 Å². The molecular formula is C10H12Br3N. The Hall–Kier alpha value is 0.330. The summed E-state index contributed by atoms with van der Waals surface area (Å²) in [5, 5.41) is 0.845. The van der Waals surface area contributed by atoms with E-state index < -0.39 is 0 Å². The molecule has 0 fully saturated rings. The molecule has 1 aromatic rings. The van der Waals surface area contributed by atoms with Gasteiger partial charge in [-0.1, -0.05) is 28.9 Å². The standard InChI is InChI=1S/C10H12Br2N.BrH/c1-2-10-5-3-4-6-13(10)8-9(12)7-11;/h3-6,8H,2,7H2,1H3;1H/q+1;/p-1. The van der Waals surface area contributed by atoms with E-state index in [0.29, 0.717) is 0 Å². The molecule has 0 aliphatic rings. The van der Waals surface area contributed by atoms with Gasteiger partial charge in [0, 0.05) is 23.9 Å². The van der Waals surface area contributed by atoms with Crippen LogP contribution in [0, 0.1) is 0 Å². The Morgan fingerprint density at radius 1 is 1.50 bits per heavy atom. The van der Waals surface area contributed by atoms with Crippen LogP contribution >= 0.6 is 31.9 Å². The molecule has 0 aliphatic heterocycles. The van der Waals surface area contributed by atoms with E-state index in [4.69, 9.17) is 0 Å². The van der Waals surface area contributed by atoms with Crippen LogP contribution in [-0.4, -0.2) is 5.33 Å². The van der Waals surface area contributed by atoms with Crippen molar-refractivity contribution in [2.45, 2.75) is 13.3 Å². The average Bonchev–Trinajstić information content (AvgIpc) is 2.18. The third-order valence-corrected chi connectivity index (χ3v) is 3.59. The number of aryl methyl sites for hydroxylation is 1. The molecule has 1 heterocycles. The second-order valence-electron chi connectivity index (χ2n) is 2.66. The Balaban J connectivity index is 0.00000169. The fourth-order valence-corrected chi connectivity index (χ4v) is 1.47. The summed E-state index contributed by atoms with van der Waals surface area (Å²) in [6, 6.07) is 6.22. The molecule has 14 heavy (non-hydrogen) atoms. The average molecular weight is 386 g/mol. The van der Waals surface area contributed by atoms with Gasteiger partial charge in [0.2, 0.25) is 0 Å². The predicted octanol–water partition coefficient (Wildman–Crippen LogP) is 0.129. The molecule has 0 atom stereocenters. The SMILES string of the molecule is CCc1cccc[n+]1C=C(Br)CBr.[Br-]. The highest BCUT2D eigenvalue weighted by Crippen LogP contribution is 2.07. The van der Waals surface area contributed by atoms with Crippen molar-refractivity contribution in [1.82, 2.24) is 0 Å². The lowest BCUT2D eigenvalue weighted by Gasteiger charge is -1.95. The van der Waals surface area contributed by atoms with Crippen LogP contribution in [0.2, 0.25) is 0 Å². The number of rotatable bonds is 3. The monoisotopic (exact) mass is 383 g/mol. The molecule has 1 rings (SSSR count). The van der Waals surface area contributed by atoms with E-state index in [9.17, 15) is 0 Å². The van der Waals surface area contributed by atoms with Gasteiger partial charge in [-0.05, 0) is 15.9 Å². The van der Waals surface area contributed by atoms with Crippen LogP contribution in [0.3, 0.4) is 0 Å². The lowest BCUT2D eigenvalue weighted by atomic mass is 10.3. The molecule has 0 radical (unpaired) electrons. The highest BCUT2D eigenvalue weighted by molar-refractivity contribution is 9.13. The second kappa shape index (κ2) is 7.60. The largest absolute Gasteiger partial charge is 1.00 e. The minimum atomic E-state index is 0. The van der Waals surface area contributed by atoms with Crippen LogP contribution < -0.4 is 21.5 Å². The molecule has 1 aromatic heterocycles. The first-order valence-electron chi connectivity index (χ1n) is 4.19. The second-order valence-corrected chi connectivity index (χ2v) is 4.24. The molecule has 78 valence electrons. The van der Waals surface area contributed by atoms with Crippen LogP contribution in [0.5, 0.6) is 0 Å². The van der Waals surface area contributed by atoms with Gasteiger partial charge in [0.1, 0.15) is 0 Å². The summed E-state index contributed by atoms with van der Waals surface area (Å²) in [7, 11) is 0. The van der Waals surface area contributed by atoms with E-state index in [1.165, 1.54) is 5.69 Å². The number of alkyl halides is 1. The Morgan fingerprint density at radius 3 is 2.79 bits per heavy atom. The molecule has 0 spiro atoms. The fraction of sp³-hybridized carbons (Fsp3) is 0.300. The first-order chi connectivity index (χ1) is 6.27. The summed E-state index contributed by atoms with van der Waals surface area (Å²) in [6.07, 6.45) is 5.18.